The highest BCUT2D eigenvalue weighted by molar-refractivity contribution is 6.00. The Kier molecular flexibility index (Phi) is 6.94. The van der Waals surface area contributed by atoms with E-state index < -0.39 is 53.5 Å². The molecule has 3 aromatic rings. The highest BCUT2D eigenvalue weighted by Crippen LogP contribution is 2.28. The number of ether oxygens (including phenoxy) is 1. The maximum absolute atomic E-state index is 14.4. The highest BCUT2D eigenvalue weighted by Gasteiger charge is 2.27. The topological polar surface area (TPSA) is 127 Å². The molecule has 2 heterocycles. The van der Waals surface area contributed by atoms with Crippen LogP contribution in [-0.2, 0) is 11.2 Å². The van der Waals surface area contributed by atoms with E-state index in [9.17, 15) is 27.2 Å². The van der Waals surface area contributed by atoms with Crippen molar-refractivity contribution < 1.29 is 41.4 Å². The van der Waals surface area contributed by atoms with E-state index in [4.69, 9.17) is 14.3 Å². The van der Waals surface area contributed by atoms with Crippen LogP contribution in [0.1, 0.15) is 47.8 Å². The van der Waals surface area contributed by atoms with E-state index in [0.717, 1.165) is 0 Å². The van der Waals surface area contributed by atoms with Gasteiger partial charge >= 0.3 is 17.8 Å². The molecular formula is C22H18F4N4O5. The van der Waals surface area contributed by atoms with E-state index in [2.05, 4.69) is 20.5 Å². The molecular weight excluding hydrogens is 476 g/mol. The Labute approximate surface area is 195 Å². The fraction of sp³-hybridized carbons (Fsp3) is 0.318. The first-order valence-electron chi connectivity index (χ1n) is 10.5. The molecule has 2 aromatic heterocycles. The van der Waals surface area contributed by atoms with Crippen molar-refractivity contribution in [3.8, 4) is 5.88 Å². The van der Waals surface area contributed by atoms with E-state index >= 15 is 0 Å². The number of benzene rings is 1. The second-order valence-corrected chi connectivity index (χ2v) is 7.91. The van der Waals surface area contributed by atoms with Gasteiger partial charge in [-0.1, -0.05) is 0 Å². The predicted molar refractivity (Wildman–Crippen MR) is 110 cm³/mol. The SMILES string of the molecule is O=C(Nc1ccc(OC2CCC(C(=O)O)CC2)nc1F)c1nnc(Cc2cc(F)c(F)cc2F)o1. The van der Waals surface area contributed by atoms with Gasteiger partial charge in [-0.25, -0.2) is 13.2 Å². The van der Waals surface area contributed by atoms with Crippen LogP contribution in [0.3, 0.4) is 0 Å². The number of amides is 1. The van der Waals surface area contributed by atoms with Crippen LogP contribution < -0.4 is 10.1 Å². The van der Waals surface area contributed by atoms with Crippen LogP contribution in [0.4, 0.5) is 23.2 Å². The van der Waals surface area contributed by atoms with Crippen LogP contribution in [0, 0.1) is 29.3 Å². The van der Waals surface area contributed by atoms with Gasteiger partial charge in [0.1, 0.15) is 11.9 Å². The number of anilines is 1. The molecule has 35 heavy (non-hydrogen) atoms. The Morgan fingerprint density at radius 3 is 2.43 bits per heavy atom. The van der Waals surface area contributed by atoms with Crippen molar-refractivity contribution in [2.45, 2.75) is 38.2 Å². The first-order chi connectivity index (χ1) is 16.7. The molecule has 1 aliphatic carbocycles. The maximum atomic E-state index is 14.4. The Hall–Kier alpha value is -4.03. The van der Waals surface area contributed by atoms with Crippen molar-refractivity contribution in [1.82, 2.24) is 15.2 Å². The normalized spacial score (nSPS) is 17.7. The molecule has 0 radical (unpaired) electrons. The number of carbonyl (C=O) groups is 2. The summed E-state index contributed by atoms with van der Waals surface area (Å²) in [6, 6.07) is 3.56. The summed E-state index contributed by atoms with van der Waals surface area (Å²) < 4.78 is 65.3. The van der Waals surface area contributed by atoms with Gasteiger partial charge in [0.05, 0.1) is 18.0 Å². The predicted octanol–water partition coefficient (Wildman–Crippen LogP) is 3.89. The number of aliphatic carboxylic acids is 1. The monoisotopic (exact) mass is 494 g/mol. The first kappa shape index (κ1) is 24.1. The summed E-state index contributed by atoms with van der Waals surface area (Å²) in [6.07, 6.45) is 1.19. The van der Waals surface area contributed by atoms with Gasteiger partial charge in [-0.3, -0.25) is 9.59 Å². The second kappa shape index (κ2) is 10.1. The van der Waals surface area contributed by atoms with E-state index in [1.54, 1.807) is 0 Å². The fourth-order valence-electron chi connectivity index (χ4n) is 3.63. The van der Waals surface area contributed by atoms with E-state index in [1.165, 1.54) is 12.1 Å². The van der Waals surface area contributed by atoms with Crippen molar-refractivity contribution in [3.63, 3.8) is 0 Å². The van der Waals surface area contributed by atoms with Gasteiger partial charge in [0.2, 0.25) is 17.7 Å². The minimum atomic E-state index is -1.35. The molecule has 1 aromatic carbocycles. The van der Waals surface area contributed by atoms with Crippen LogP contribution in [0.25, 0.3) is 0 Å². The highest BCUT2D eigenvalue weighted by atomic mass is 19.2. The van der Waals surface area contributed by atoms with Gasteiger partial charge in [0, 0.05) is 17.7 Å². The van der Waals surface area contributed by atoms with E-state index in [-0.39, 0.29) is 29.1 Å². The van der Waals surface area contributed by atoms with Gasteiger partial charge in [-0.05, 0) is 37.8 Å². The van der Waals surface area contributed by atoms with Crippen molar-refractivity contribution in [2.24, 2.45) is 5.92 Å². The van der Waals surface area contributed by atoms with Crippen LogP contribution >= 0.6 is 0 Å². The van der Waals surface area contributed by atoms with Gasteiger partial charge in [0.25, 0.3) is 0 Å². The van der Waals surface area contributed by atoms with Gasteiger partial charge in [-0.15, -0.1) is 10.2 Å². The lowest BCUT2D eigenvalue weighted by Gasteiger charge is -2.26. The van der Waals surface area contributed by atoms with E-state index in [0.29, 0.717) is 37.8 Å². The first-order valence-corrected chi connectivity index (χ1v) is 10.5. The second-order valence-electron chi connectivity index (χ2n) is 7.91. The van der Waals surface area contributed by atoms with Crippen molar-refractivity contribution >= 4 is 17.6 Å². The Morgan fingerprint density at radius 2 is 1.74 bits per heavy atom. The number of hydrogen-bond donors (Lipinski definition) is 2. The number of nitrogens with zero attached hydrogens (tertiary/aromatic N) is 3. The average molecular weight is 494 g/mol. The van der Waals surface area contributed by atoms with Gasteiger partial charge in [0.15, 0.2) is 11.6 Å². The number of rotatable bonds is 7. The summed E-state index contributed by atoms with van der Waals surface area (Å²) in [7, 11) is 0. The standard InChI is InChI=1S/C22H18F4N4O5/c23-13-9-15(25)14(24)7-11(13)8-18-29-30-21(35-18)20(31)27-16-5-6-17(28-19(16)26)34-12-3-1-10(2-4-12)22(32)33/h5-7,9-10,12H,1-4,8H2,(H,27,31)(H,32,33). The summed E-state index contributed by atoms with van der Waals surface area (Å²) in [5.74, 6) is -7.77. The number of carboxylic acids is 1. The molecule has 1 aliphatic rings. The number of nitrogens with one attached hydrogen (secondary N) is 1. The van der Waals surface area contributed by atoms with Crippen LogP contribution in [0.5, 0.6) is 5.88 Å². The quantitative estimate of drug-likeness (QED) is 0.288. The van der Waals surface area contributed by atoms with Crippen LogP contribution in [0.15, 0.2) is 28.7 Å². The summed E-state index contributed by atoms with van der Waals surface area (Å²) in [6.45, 7) is 0. The van der Waals surface area contributed by atoms with E-state index in [1.807, 2.05) is 0 Å². The molecule has 0 spiro atoms. The zero-order valence-corrected chi connectivity index (χ0v) is 17.9. The summed E-state index contributed by atoms with van der Waals surface area (Å²) in [4.78, 5) is 27.0. The smallest absolute Gasteiger partial charge is 0.313 e. The van der Waals surface area contributed by atoms with Crippen molar-refractivity contribution in [2.75, 3.05) is 5.32 Å². The lowest BCUT2D eigenvalue weighted by molar-refractivity contribution is -0.143. The number of pyridine rings is 1. The summed E-state index contributed by atoms with van der Waals surface area (Å²) in [5.41, 5.74) is -0.565. The van der Waals surface area contributed by atoms with Crippen LogP contribution in [0.2, 0.25) is 0 Å². The summed E-state index contributed by atoms with van der Waals surface area (Å²) >= 11 is 0. The third-order valence-corrected chi connectivity index (χ3v) is 5.47. The Morgan fingerprint density at radius 1 is 1.03 bits per heavy atom. The third-order valence-electron chi connectivity index (χ3n) is 5.47. The molecule has 0 aliphatic heterocycles. The maximum Gasteiger partial charge on any atom is 0.313 e. The molecule has 0 saturated heterocycles. The number of aromatic nitrogens is 3. The molecule has 0 atom stereocenters. The Bertz CT molecular complexity index is 1260. The number of carboxylic acid groups (broad SMARTS) is 1. The van der Waals surface area contributed by atoms with Crippen molar-refractivity contribution in [3.05, 3.63) is 65.0 Å². The molecule has 0 bridgehead atoms. The molecule has 1 saturated carbocycles. The molecule has 1 amide bonds. The number of hydrogen-bond acceptors (Lipinski definition) is 7. The average Bonchev–Trinajstić information content (AvgIpc) is 3.28. The lowest BCUT2D eigenvalue weighted by Crippen LogP contribution is -2.28. The van der Waals surface area contributed by atoms with Gasteiger partial charge in [-0.2, -0.15) is 9.37 Å². The molecule has 0 unspecified atom stereocenters. The molecule has 4 rings (SSSR count). The minimum Gasteiger partial charge on any atom is -0.481 e. The minimum absolute atomic E-state index is 0.0205. The van der Waals surface area contributed by atoms with Gasteiger partial charge < -0.3 is 19.6 Å². The zero-order chi connectivity index (χ0) is 25.1. The lowest BCUT2D eigenvalue weighted by atomic mass is 9.87. The van der Waals surface area contributed by atoms with Crippen molar-refractivity contribution in [1.29, 1.82) is 0 Å². The third kappa shape index (κ3) is 5.73. The zero-order valence-electron chi connectivity index (χ0n) is 17.9. The molecule has 1 fully saturated rings. The Balaban J connectivity index is 1.36. The number of halogens is 4. The molecule has 9 nitrogen and oxygen atoms in total. The molecule has 2 N–H and O–H groups in total. The molecule has 184 valence electrons. The number of carbonyl (C=O) groups excluding carboxylic acids is 1. The fourth-order valence-corrected chi connectivity index (χ4v) is 3.63. The van der Waals surface area contributed by atoms with Crippen LogP contribution in [-0.4, -0.2) is 38.3 Å². The largest absolute Gasteiger partial charge is 0.481 e. The summed E-state index contributed by atoms with van der Waals surface area (Å²) in [5, 5.41) is 18.3. The molecule has 13 heteroatoms.